The number of ketones is 1. The lowest BCUT2D eigenvalue weighted by Crippen LogP contribution is -2.78. The van der Waals surface area contributed by atoms with Crippen LogP contribution in [0.2, 0.25) is 0 Å². The number of rotatable bonds is 7. The minimum absolute atomic E-state index is 0.0307. The average molecular weight is 455 g/mol. The monoisotopic (exact) mass is 454 g/mol. The highest BCUT2D eigenvalue weighted by Crippen LogP contribution is 2.46. The number of benzene rings is 2. The number of thioether (sulfide) groups is 1. The number of Topliss-reactive ketones (excluding diaryl/α,β-unsaturated/α-hetero) is 1. The summed E-state index contributed by atoms with van der Waals surface area (Å²) in [6.07, 6.45) is 0. The number of nitrogens with zero attached hydrogens (tertiary/aromatic N) is 1. The van der Waals surface area contributed by atoms with E-state index in [1.54, 1.807) is 61.7 Å². The zero-order chi connectivity index (χ0) is 22.9. The molecule has 1 fully saturated rings. The molecule has 2 aromatic carbocycles. The molecule has 1 saturated heterocycles. The molecule has 2 atom stereocenters. The van der Waals surface area contributed by atoms with Crippen molar-refractivity contribution < 1.29 is 28.6 Å². The molecule has 9 heteroatoms. The molecule has 0 saturated carbocycles. The van der Waals surface area contributed by atoms with Crippen LogP contribution in [0.4, 0.5) is 0 Å². The first kappa shape index (κ1) is 22.1. The molecule has 1 unspecified atom stereocenters. The van der Waals surface area contributed by atoms with Crippen LogP contribution in [-0.2, 0) is 25.7 Å². The second-order valence-corrected chi connectivity index (χ2v) is 8.35. The zero-order valence-electron chi connectivity index (χ0n) is 17.6. The summed E-state index contributed by atoms with van der Waals surface area (Å²) >= 11 is 1.27. The van der Waals surface area contributed by atoms with Crippen LogP contribution in [0.3, 0.4) is 0 Å². The first-order valence-electron chi connectivity index (χ1n) is 9.83. The molecule has 0 bridgehead atoms. The van der Waals surface area contributed by atoms with Crippen molar-refractivity contribution in [2.24, 2.45) is 5.73 Å². The van der Waals surface area contributed by atoms with Crippen LogP contribution in [0.5, 0.6) is 5.75 Å². The Morgan fingerprint density at radius 3 is 2.44 bits per heavy atom. The summed E-state index contributed by atoms with van der Waals surface area (Å²) in [6.45, 7) is -0.0307. The third-order valence-corrected chi connectivity index (χ3v) is 6.77. The Morgan fingerprint density at radius 2 is 1.81 bits per heavy atom. The van der Waals surface area contributed by atoms with Crippen LogP contribution in [0.1, 0.15) is 15.9 Å². The number of hydrogen-bond donors (Lipinski definition) is 1. The molecule has 2 aromatic rings. The van der Waals surface area contributed by atoms with Crippen molar-refractivity contribution in [1.82, 2.24) is 4.90 Å². The van der Waals surface area contributed by atoms with Gasteiger partial charge < -0.3 is 14.2 Å². The van der Waals surface area contributed by atoms with Crippen molar-refractivity contribution in [3.8, 4) is 5.75 Å². The van der Waals surface area contributed by atoms with Gasteiger partial charge in [0.05, 0.1) is 7.11 Å². The van der Waals surface area contributed by atoms with Crippen molar-refractivity contribution >= 4 is 29.4 Å². The Kier molecular flexibility index (Phi) is 6.05. The van der Waals surface area contributed by atoms with E-state index in [9.17, 15) is 14.4 Å². The molecule has 8 nitrogen and oxygen atoms in total. The van der Waals surface area contributed by atoms with E-state index in [-0.39, 0.29) is 29.4 Å². The maximum absolute atomic E-state index is 13.2. The van der Waals surface area contributed by atoms with Crippen LogP contribution in [0.15, 0.2) is 65.9 Å². The number of carbonyl (C=O) groups is 3. The van der Waals surface area contributed by atoms with Gasteiger partial charge >= 0.3 is 5.97 Å². The van der Waals surface area contributed by atoms with Crippen molar-refractivity contribution in [3.63, 3.8) is 0 Å². The van der Waals surface area contributed by atoms with Gasteiger partial charge in [0.1, 0.15) is 23.4 Å². The quantitative estimate of drug-likeness (QED) is 0.293. The number of ether oxygens (including phenoxy) is 3. The number of esters is 1. The lowest BCUT2D eigenvalue weighted by Gasteiger charge is -2.54. The molecule has 32 heavy (non-hydrogen) atoms. The molecule has 0 radical (unpaired) electrons. The summed E-state index contributed by atoms with van der Waals surface area (Å²) < 4.78 is 15.8. The summed E-state index contributed by atoms with van der Waals surface area (Å²) in [5, 5.41) is -0.629. The Hall–Kier alpha value is -3.14. The third kappa shape index (κ3) is 3.68. The van der Waals surface area contributed by atoms with Gasteiger partial charge in [-0.25, -0.2) is 4.79 Å². The first-order chi connectivity index (χ1) is 15.4. The molecular formula is C23H22N2O6S. The Bertz CT molecular complexity index is 1090. The van der Waals surface area contributed by atoms with E-state index in [1.807, 2.05) is 0 Å². The van der Waals surface area contributed by atoms with Gasteiger partial charge in [0.25, 0.3) is 5.91 Å². The van der Waals surface area contributed by atoms with E-state index in [1.165, 1.54) is 23.8 Å². The van der Waals surface area contributed by atoms with Gasteiger partial charge in [-0.15, -0.1) is 11.8 Å². The predicted molar refractivity (Wildman–Crippen MR) is 118 cm³/mol. The SMILES string of the molecule is COc1ccc(COC(=O)C2=C(C(=O)c3ccccc3)CS[C@@H]3N2C(=O)C3(N)OC)cc1. The molecule has 2 aliphatic heterocycles. The zero-order valence-corrected chi connectivity index (χ0v) is 18.4. The number of carbonyl (C=O) groups excluding carboxylic acids is 3. The van der Waals surface area contributed by atoms with Gasteiger partial charge in [0.15, 0.2) is 5.78 Å². The second-order valence-electron chi connectivity index (χ2n) is 7.28. The van der Waals surface area contributed by atoms with E-state index < -0.39 is 23.0 Å². The summed E-state index contributed by atoms with van der Waals surface area (Å²) in [4.78, 5) is 40.3. The van der Waals surface area contributed by atoms with Crippen molar-refractivity contribution in [3.05, 3.63) is 77.0 Å². The van der Waals surface area contributed by atoms with E-state index in [0.717, 1.165) is 5.56 Å². The number of methoxy groups -OCH3 is 2. The minimum Gasteiger partial charge on any atom is -0.497 e. The van der Waals surface area contributed by atoms with Crippen LogP contribution >= 0.6 is 11.8 Å². The van der Waals surface area contributed by atoms with Crippen LogP contribution < -0.4 is 10.5 Å². The van der Waals surface area contributed by atoms with Gasteiger partial charge in [-0.2, -0.15) is 0 Å². The fraction of sp³-hybridized carbons (Fsp3) is 0.261. The predicted octanol–water partition coefficient (Wildman–Crippen LogP) is 2.09. The van der Waals surface area contributed by atoms with Gasteiger partial charge in [-0.3, -0.25) is 20.2 Å². The van der Waals surface area contributed by atoms with Crippen molar-refractivity contribution in [1.29, 1.82) is 0 Å². The molecule has 2 aliphatic rings. The number of hydrogen-bond acceptors (Lipinski definition) is 8. The van der Waals surface area contributed by atoms with Gasteiger partial charge in [0.2, 0.25) is 5.72 Å². The molecule has 1 amide bonds. The van der Waals surface area contributed by atoms with Gasteiger partial charge in [-0.1, -0.05) is 42.5 Å². The van der Waals surface area contributed by atoms with Crippen LogP contribution in [0, 0.1) is 0 Å². The number of amides is 1. The highest BCUT2D eigenvalue weighted by molar-refractivity contribution is 8.00. The van der Waals surface area contributed by atoms with Gasteiger partial charge in [0, 0.05) is 24.0 Å². The van der Waals surface area contributed by atoms with Crippen LogP contribution in [0.25, 0.3) is 0 Å². The molecule has 2 heterocycles. The normalized spacial score (nSPS) is 22.2. The molecule has 0 aromatic heterocycles. The first-order valence-corrected chi connectivity index (χ1v) is 10.9. The minimum atomic E-state index is -1.55. The lowest BCUT2D eigenvalue weighted by molar-refractivity contribution is -0.183. The Labute approximate surface area is 189 Å². The topological polar surface area (TPSA) is 108 Å². The lowest BCUT2D eigenvalue weighted by atomic mass is 9.96. The maximum atomic E-state index is 13.2. The molecule has 166 valence electrons. The number of β-lactam (4-membered cyclic amide) rings is 1. The smallest absolute Gasteiger partial charge is 0.355 e. The molecule has 4 rings (SSSR count). The Balaban J connectivity index is 1.65. The number of fused-ring (bicyclic) bond motifs is 1. The average Bonchev–Trinajstić information content (AvgIpc) is 2.85. The molecule has 0 aliphatic carbocycles. The summed E-state index contributed by atoms with van der Waals surface area (Å²) in [5.74, 6) is -0.829. The molecule has 2 N–H and O–H groups in total. The van der Waals surface area contributed by atoms with Crippen molar-refractivity contribution in [2.75, 3.05) is 20.0 Å². The van der Waals surface area contributed by atoms with E-state index >= 15 is 0 Å². The van der Waals surface area contributed by atoms with Gasteiger partial charge in [-0.05, 0) is 17.7 Å². The highest BCUT2D eigenvalue weighted by Gasteiger charge is 2.64. The fourth-order valence-corrected chi connectivity index (χ4v) is 4.99. The summed E-state index contributed by atoms with van der Waals surface area (Å²) in [6, 6.07) is 15.6. The largest absolute Gasteiger partial charge is 0.497 e. The third-order valence-electron chi connectivity index (χ3n) is 5.44. The fourth-order valence-electron chi connectivity index (χ4n) is 3.60. The summed E-state index contributed by atoms with van der Waals surface area (Å²) in [7, 11) is 2.90. The van der Waals surface area contributed by atoms with E-state index in [2.05, 4.69) is 0 Å². The van der Waals surface area contributed by atoms with E-state index in [0.29, 0.717) is 11.3 Å². The Morgan fingerprint density at radius 1 is 1.12 bits per heavy atom. The van der Waals surface area contributed by atoms with Crippen molar-refractivity contribution in [2.45, 2.75) is 17.7 Å². The molecule has 0 spiro atoms. The molecular weight excluding hydrogens is 432 g/mol. The highest BCUT2D eigenvalue weighted by atomic mass is 32.2. The van der Waals surface area contributed by atoms with E-state index in [4.69, 9.17) is 19.9 Å². The standard InChI is InChI=1S/C23H22N2O6S/c1-29-16-10-8-14(9-11-16)12-31-20(27)18-17(19(26)15-6-4-3-5-7-15)13-32-22-23(24,30-2)21(28)25(18)22/h3-11,22H,12-13,24H2,1-2H3/t22-,23?/m0/s1. The maximum Gasteiger partial charge on any atom is 0.355 e. The summed E-state index contributed by atoms with van der Waals surface area (Å²) in [5.41, 5.74) is 5.80. The number of nitrogens with two attached hydrogens (primary N) is 1. The second kappa shape index (κ2) is 8.78. The van der Waals surface area contributed by atoms with Crippen LogP contribution in [-0.4, -0.2) is 53.6 Å².